The van der Waals surface area contributed by atoms with Gasteiger partial charge in [-0.15, -0.1) is 0 Å². The average Bonchev–Trinajstić information content (AvgIpc) is 1.69. The Morgan fingerprint density at radius 2 is 1.75 bits per heavy atom. The SMILES string of the molecule is CC#N.CCCO.O. The molecule has 0 radical (unpaired) electrons. The van der Waals surface area contributed by atoms with Crippen molar-refractivity contribution in [1.82, 2.24) is 0 Å². The average molecular weight is 119 g/mol. The quantitative estimate of drug-likeness (QED) is 0.531. The van der Waals surface area contributed by atoms with Gasteiger partial charge >= 0.3 is 0 Å². The number of aliphatic hydroxyl groups excluding tert-OH is 1. The van der Waals surface area contributed by atoms with Crippen LogP contribution >= 0.6 is 0 Å². The van der Waals surface area contributed by atoms with Crippen LogP contribution in [0.5, 0.6) is 0 Å². The second-order valence-electron chi connectivity index (χ2n) is 0.947. The van der Waals surface area contributed by atoms with Gasteiger partial charge in [0, 0.05) is 13.5 Å². The second kappa shape index (κ2) is 32.3. The van der Waals surface area contributed by atoms with Gasteiger partial charge in [-0.05, 0) is 6.42 Å². The molecule has 0 aromatic carbocycles. The van der Waals surface area contributed by atoms with E-state index in [-0.39, 0.29) is 5.48 Å². The molecule has 8 heavy (non-hydrogen) atoms. The van der Waals surface area contributed by atoms with E-state index in [9.17, 15) is 0 Å². The maximum absolute atomic E-state index is 7.88. The van der Waals surface area contributed by atoms with E-state index >= 15 is 0 Å². The van der Waals surface area contributed by atoms with Crippen molar-refractivity contribution in [2.45, 2.75) is 20.3 Å². The summed E-state index contributed by atoms with van der Waals surface area (Å²) in [6.45, 7) is 3.68. The molecule has 0 aromatic rings. The minimum absolute atomic E-state index is 0. The van der Waals surface area contributed by atoms with Crippen LogP contribution in [-0.2, 0) is 0 Å². The summed E-state index contributed by atoms with van der Waals surface area (Å²) in [5, 5.41) is 15.2. The topological polar surface area (TPSA) is 75.5 Å². The first-order chi connectivity index (χ1) is 3.33. The zero-order valence-electron chi connectivity index (χ0n) is 5.31. The molecule has 0 aliphatic heterocycles. The number of nitrogens with zero attached hydrogens (tertiary/aromatic N) is 1. The first-order valence-corrected chi connectivity index (χ1v) is 2.25. The van der Waals surface area contributed by atoms with E-state index in [1.807, 2.05) is 6.92 Å². The normalized spacial score (nSPS) is 4.75. The van der Waals surface area contributed by atoms with Crippen LogP contribution in [-0.4, -0.2) is 17.2 Å². The van der Waals surface area contributed by atoms with Crippen LogP contribution in [0.15, 0.2) is 0 Å². The van der Waals surface area contributed by atoms with Crippen molar-refractivity contribution >= 4 is 0 Å². The van der Waals surface area contributed by atoms with Gasteiger partial charge in [-0.3, -0.25) is 0 Å². The number of nitriles is 1. The van der Waals surface area contributed by atoms with E-state index < -0.39 is 0 Å². The molecule has 0 unspecified atom stereocenters. The van der Waals surface area contributed by atoms with Crippen LogP contribution in [0.3, 0.4) is 0 Å². The molecule has 3 nitrogen and oxygen atoms in total. The van der Waals surface area contributed by atoms with Gasteiger partial charge in [0.15, 0.2) is 0 Å². The summed E-state index contributed by atoms with van der Waals surface area (Å²) in [7, 11) is 0. The third-order valence-corrected chi connectivity index (χ3v) is 0.224. The molecular weight excluding hydrogens is 106 g/mol. The van der Waals surface area contributed by atoms with Crippen LogP contribution in [0.25, 0.3) is 0 Å². The molecule has 3 heteroatoms. The summed E-state index contributed by atoms with van der Waals surface area (Å²) in [5.41, 5.74) is 0. The Morgan fingerprint density at radius 3 is 1.75 bits per heavy atom. The van der Waals surface area contributed by atoms with Crippen molar-refractivity contribution in [1.29, 1.82) is 5.26 Å². The van der Waals surface area contributed by atoms with E-state index in [4.69, 9.17) is 10.4 Å². The predicted molar refractivity (Wildman–Crippen MR) is 32.3 cm³/mol. The summed E-state index contributed by atoms with van der Waals surface area (Å²) < 4.78 is 0. The molecular formula is C5H13NO2. The van der Waals surface area contributed by atoms with Crippen LogP contribution in [0.2, 0.25) is 0 Å². The van der Waals surface area contributed by atoms with E-state index in [1.165, 1.54) is 6.92 Å². The fourth-order valence-electron chi connectivity index (χ4n) is 0. The smallest absolute Gasteiger partial charge is 0.0587 e. The molecule has 0 saturated heterocycles. The number of rotatable bonds is 1. The van der Waals surface area contributed by atoms with Crippen LogP contribution in [0.1, 0.15) is 20.3 Å². The second-order valence-corrected chi connectivity index (χ2v) is 0.947. The fourth-order valence-corrected chi connectivity index (χ4v) is 0. The van der Waals surface area contributed by atoms with Gasteiger partial charge in [0.25, 0.3) is 0 Å². The molecule has 0 bridgehead atoms. The number of hydrogen-bond donors (Lipinski definition) is 1. The zero-order chi connectivity index (χ0) is 6.12. The monoisotopic (exact) mass is 119 g/mol. The fraction of sp³-hybridized carbons (Fsp3) is 0.800. The van der Waals surface area contributed by atoms with Crippen molar-refractivity contribution in [2.75, 3.05) is 6.61 Å². The molecule has 0 aromatic heterocycles. The van der Waals surface area contributed by atoms with E-state index in [0.717, 1.165) is 6.42 Å². The van der Waals surface area contributed by atoms with Gasteiger partial charge in [-0.1, -0.05) is 6.92 Å². The first-order valence-electron chi connectivity index (χ1n) is 2.25. The maximum Gasteiger partial charge on any atom is 0.0587 e. The highest BCUT2D eigenvalue weighted by Gasteiger charge is 1.57. The Labute approximate surface area is 49.9 Å². The first kappa shape index (κ1) is 15.7. The highest BCUT2D eigenvalue weighted by molar-refractivity contribution is 4.51. The molecule has 0 atom stereocenters. The number of aliphatic hydroxyl groups is 1. The molecule has 0 spiro atoms. The highest BCUT2D eigenvalue weighted by atomic mass is 16.2. The molecule has 3 N–H and O–H groups in total. The van der Waals surface area contributed by atoms with Gasteiger partial charge in [0.05, 0.1) is 6.07 Å². The lowest BCUT2D eigenvalue weighted by Gasteiger charge is -1.69. The molecule has 0 rings (SSSR count). The Kier molecular flexibility index (Phi) is 63.2. The Bertz CT molecular complexity index is 46.9. The predicted octanol–water partition coefficient (Wildman–Crippen LogP) is 0.0939. The van der Waals surface area contributed by atoms with Gasteiger partial charge in [-0.25, -0.2) is 0 Å². The molecule has 0 heterocycles. The summed E-state index contributed by atoms with van der Waals surface area (Å²) in [4.78, 5) is 0. The molecule has 50 valence electrons. The lowest BCUT2D eigenvalue weighted by Crippen LogP contribution is -1.69. The third kappa shape index (κ3) is 626. The standard InChI is InChI=1S/C3H8O.C2H3N.H2O/c1-2-3-4;1-2-3;/h4H,2-3H2,1H3;1H3;1H2. The van der Waals surface area contributed by atoms with Gasteiger partial charge < -0.3 is 10.6 Å². The summed E-state index contributed by atoms with van der Waals surface area (Å²) in [6.07, 6.45) is 0.875. The summed E-state index contributed by atoms with van der Waals surface area (Å²) >= 11 is 0. The van der Waals surface area contributed by atoms with Crippen molar-refractivity contribution < 1.29 is 10.6 Å². The summed E-state index contributed by atoms with van der Waals surface area (Å²) in [5.74, 6) is 0. The molecule has 0 fully saturated rings. The van der Waals surface area contributed by atoms with E-state index in [0.29, 0.717) is 6.61 Å². The number of hydrogen-bond acceptors (Lipinski definition) is 2. The van der Waals surface area contributed by atoms with Gasteiger partial charge in [-0.2, -0.15) is 5.26 Å². The van der Waals surface area contributed by atoms with Crippen LogP contribution in [0, 0.1) is 11.3 Å². The minimum Gasteiger partial charge on any atom is -0.412 e. The van der Waals surface area contributed by atoms with Crippen LogP contribution < -0.4 is 0 Å². The largest absolute Gasteiger partial charge is 0.412 e. The van der Waals surface area contributed by atoms with Crippen molar-refractivity contribution in [3.63, 3.8) is 0 Å². The molecule has 0 aliphatic rings. The van der Waals surface area contributed by atoms with E-state index in [1.54, 1.807) is 6.07 Å². The summed E-state index contributed by atoms with van der Waals surface area (Å²) in [6, 6.07) is 1.75. The molecule has 0 saturated carbocycles. The zero-order valence-corrected chi connectivity index (χ0v) is 5.31. The lowest BCUT2D eigenvalue weighted by molar-refractivity contribution is 0.295. The van der Waals surface area contributed by atoms with Gasteiger partial charge in [0.1, 0.15) is 0 Å². The Hall–Kier alpha value is -0.590. The lowest BCUT2D eigenvalue weighted by atomic mass is 10.5. The minimum atomic E-state index is 0. The van der Waals surface area contributed by atoms with Crippen LogP contribution in [0.4, 0.5) is 0 Å². The van der Waals surface area contributed by atoms with Crippen molar-refractivity contribution in [3.8, 4) is 6.07 Å². The molecule has 0 aliphatic carbocycles. The third-order valence-electron chi connectivity index (χ3n) is 0.224. The van der Waals surface area contributed by atoms with Crippen molar-refractivity contribution in [3.05, 3.63) is 0 Å². The highest BCUT2D eigenvalue weighted by Crippen LogP contribution is 1.61. The Morgan fingerprint density at radius 1 is 1.62 bits per heavy atom. The molecule has 0 amide bonds. The van der Waals surface area contributed by atoms with Crippen molar-refractivity contribution in [2.24, 2.45) is 0 Å². The maximum atomic E-state index is 7.88. The van der Waals surface area contributed by atoms with E-state index in [2.05, 4.69) is 0 Å². The Balaban J connectivity index is -0.0000000575. The van der Waals surface area contributed by atoms with Gasteiger partial charge in [0.2, 0.25) is 0 Å².